The van der Waals surface area contributed by atoms with E-state index < -0.39 is 9.84 Å². The summed E-state index contributed by atoms with van der Waals surface area (Å²) in [4.78, 5) is 12.0. The molecule has 0 unspecified atom stereocenters. The smallest absolute Gasteiger partial charge is 0.176 e. The summed E-state index contributed by atoms with van der Waals surface area (Å²) in [6, 6.07) is 4.74. The molecule has 0 saturated heterocycles. The molecule has 1 aromatic carbocycles. The number of sulfone groups is 1. The lowest BCUT2D eigenvalue weighted by atomic mass is 10.1. The first-order valence-electron chi connectivity index (χ1n) is 4.25. The lowest BCUT2D eigenvalue weighted by molar-refractivity contribution is 0.101. The third-order valence-corrected chi connectivity index (χ3v) is 4.03. The van der Waals surface area contributed by atoms with Gasteiger partial charge in [0, 0.05) is 16.7 Å². The Kier molecular flexibility index (Phi) is 3.57. The average molecular weight is 244 g/mol. The lowest BCUT2D eigenvalue weighted by Crippen LogP contribution is -2.02. The number of ketones is 1. The molecule has 0 saturated carbocycles. The minimum absolute atomic E-state index is 0.132. The van der Waals surface area contributed by atoms with Crippen molar-refractivity contribution in [2.45, 2.75) is 16.7 Å². The van der Waals surface area contributed by atoms with Gasteiger partial charge >= 0.3 is 0 Å². The maximum absolute atomic E-state index is 11.5. The van der Waals surface area contributed by atoms with Gasteiger partial charge in [-0.25, -0.2) is 8.42 Å². The third kappa shape index (κ3) is 2.82. The fraction of sp³-hybridized carbons (Fsp3) is 0.300. The fourth-order valence-electron chi connectivity index (χ4n) is 1.19. The molecule has 5 heteroatoms. The van der Waals surface area contributed by atoms with Crippen molar-refractivity contribution in [1.82, 2.24) is 0 Å². The normalized spacial score (nSPS) is 11.4. The summed E-state index contributed by atoms with van der Waals surface area (Å²) in [5.41, 5.74) is 0.424. The number of carbonyl (C=O) groups excluding carboxylic acids is 1. The van der Waals surface area contributed by atoms with Gasteiger partial charge in [0.05, 0.1) is 4.90 Å². The molecule has 0 bridgehead atoms. The number of thioether (sulfide) groups is 1. The molecular formula is C10H12O3S2. The second kappa shape index (κ2) is 4.37. The van der Waals surface area contributed by atoms with Gasteiger partial charge in [0.2, 0.25) is 0 Å². The highest BCUT2D eigenvalue weighted by Gasteiger charge is 2.14. The molecule has 0 radical (unpaired) electrons. The average Bonchev–Trinajstić information content (AvgIpc) is 2.15. The quantitative estimate of drug-likeness (QED) is 0.603. The van der Waals surface area contributed by atoms with Gasteiger partial charge in [-0.2, -0.15) is 0 Å². The van der Waals surface area contributed by atoms with Crippen LogP contribution in [0, 0.1) is 0 Å². The summed E-state index contributed by atoms with van der Waals surface area (Å²) in [5.74, 6) is -0.132. The first-order chi connectivity index (χ1) is 6.86. The van der Waals surface area contributed by atoms with Crippen LogP contribution in [-0.4, -0.2) is 26.7 Å². The van der Waals surface area contributed by atoms with Crippen LogP contribution in [0.4, 0.5) is 0 Å². The molecule has 1 rings (SSSR count). The molecule has 0 aliphatic rings. The molecule has 0 heterocycles. The summed E-state index contributed by atoms with van der Waals surface area (Å²) >= 11 is 1.35. The van der Waals surface area contributed by atoms with Gasteiger partial charge in [-0.1, -0.05) is 6.07 Å². The number of rotatable bonds is 3. The summed E-state index contributed by atoms with van der Waals surface area (Å²) in [6.45, 7) is 1.42. The molecule has 0 N–H and O–H groups in total. The van der Waals surface area contributed by atoms with Crippen LogP contribution in [0.2, 0.25) is 0 Å². The van der Waals surface area contributed by atoms with Crippen molar-refractivity contribution in [3.05, 3.63) is 23.8 Å². The van der Waals surface area contributed by atoms with Crippen molar-refractivity contribution in [1.29, 1.82) is 0 Å². The summed E-state index contributed by atoms with van der Waals surface area (Å²) in [7, 11) is -3.27. The predicted octanol–water partition coefficient (Wildman–Crippen LogP) is 2.01. The number of benzene rings is 1. The second-order valence-electron chi connectivity index (χ2n) is 3.19. The molecule has 0 amide bonds. The maximum atomic E-state index is 11.5. The monoisotopic (exact) mass is 244 g/mol. The van der Waals surface area contributed by atoms with Crippen LogP contribution in [-0.2, 0) is 9.84 Å². The van der Waals surface area contributed by atoms with Crippen molar-refractivity contribution in [3.63, 3.8) is 0 Å². The Morgan fingerprint density at radius 2 is 1.93 bits per heavy atom. The molecule has 15 heavy (non-hydrogen) atoms. The van der Waals surface area contributed by atoms with Gasteiger partial charge < -0.3 is 0 Å². The van der Waals surface area contributed by atoms with Crippen molar-refractivity contribution >= 4 is 27.4 Å². The largest absolute Gasteiger partial charge is 0.295 e. The van der Waals surface area contributed by atoms with Crippen LogP contribution in [0.15, 0.2) is 28.0 Å². The van der Waals surface area contributed by atoms with Gasteiger partial charge in [0.25, 0.3) is 0 Å². The standard InChI is InChI=1S/C10H12O3S2/c1-7(11)8-4-5-9(14-2)10(6-8)15(3,12)13/h4-6H,1-3H3. The topological polar surface area (TPSA) is 51.2 Å². The first kappa shape index (κ1) is 12.3. The van der Waals surface area contributed by atoms with Crippen LogP contribution in [0.1, 0.15) is 17.3 Å². The Morgan fingerprint density at radius 3 is 2.33 bits per heavy atom. The van der Waals surface area contributed by atoms with E-state index in [-0.39, 0.29) is 10.7 Å². The van der Waals surface area contributed by atoms with Crippen LogP contribution < -0.4 is 0 Å². The summed E-state index contributed by atoms with van der Waals surface area (Å²) in [5, 5.41) is 0. The van der Waals surface area contributed by atoms with E-state index in [2.05, 4.69) is 0 Å². The molecule has 82 valence electrons. The fourth-order valence-corrected chi connectivity index (χ4v) is 3.13. The van der Waals surface area contributed by atoms with Crippen LogP contribution in [0.3, 0.4) is 0 Å². The number of hydrogen-bond acceptors (Lipinski definition) is 4. The van der Waals surface area contributed by atoms with E-state index in [9.17, 15) is 13.2 Å². The van der Waals surface area contributed by atoms with E-state index >= 15 is 0 Å². The van der Waals surface area contributed by atoms with Gasteiger partial charge in [0.1, 0.15) is 0 Å². The molecule has 0 aliphatic carbocycles. The Hall–Kier alpha value is -0.810. The third-order valence-electron chi connectivity index (χ3n) is 1.97. The molecular weight excluding hydrogens is 232 g/mol. The predicted molar refractivity (Wildman–Crippen MR) is 61.3 cm³/mol. The zero-order valence-corrected chi connectivity index (χ0v) is 10.4. The van der Waals surface area contributed by atoms with E-state index in [1.807, 2.05) is 0 Å². The van der Waals surface area contributed by atoms with E-state index in [1.54, 1.807) is 18.4 Å². The number of carbonyl (C=O) groups is 1. The summed E-state index contributed by atoms with van der Waals surface area (Å²) in [6.07, 6.45) is 2.95. The van der Waals surface area contributed by atoms with Gasteiger partial charge in [-0.05, 0) is 25.3 Å². The zero-order chi connectivity index (χ0) is 11.6. The molecule has 0 aromatic heterocycles. The first-order valence-corrected chi connectivity index (χ1v) is 7.37. The van der Waals surface area contributed by atoms with Crippen LogP contribution >= 0.6 is 11.8 Å². The highest BCUT2D eigenvalue weighted by Crippen LogP contribution is 2.25. The van der Waals surface area contributed by atoms with Gasteiger partial charge in [-0.15, -0.1) is 11.8 Å². The molecule has 0 spiro atoms. The molecule has 0 atom stereocenters. The van der Waals surface area contributed by atoms with Crippen LogP contribution in [0.25, 0.3) is 0 Å². The van der Waals surface area contributed by atoms with Crippen molar-refractivity contribution < 1.29 is 13.2 Å². The van der Waals surface area contributed by atoms with E-state index in [0.29, 0.717) is 10.5 Å². The van der Waals surface area contributed by atoms with Crippen LogP contribution in [0.5, 0.6) is 0 Å². The van der Waals surface area contributed by atoms with Gasteiger partial charge in [-0.3, -0.25) is 4.79 Å². The Morgan fingerprint density at radius 1 is 1.33 bits per heavy atom. The Labute approximate surface area is 93.8 Å². The SMILES string of the molecule is CSc1ccc(C(C)=O)cc1S(C)(=O)=O. The van der Waals surface area contributed by atoms with Crippen molar-refractivity contribution in [3.8, 4) is 0 Å². The molecule has 0 aliphatic heterocycles. The Bertz CT molecular complexity index is 489. The number of Topliss-reactive ketones (excluding diaryl/α,β-unsaturated/α-hetero) is 1. The highest BCUT2D eigenvalue weighted by molar-refractivity contribution is 7.99. The molecule has 1 aromatic rings. The minimum Gasteiger partial charge on any atom is -0.295 e. The zero-order valence-electron chi connectivity index (χ0n) is 8.77. The highest BCUT2D eigenvalue weighted by atomic mass is 32.2. The molecule has 0 fully saturated rings. The van der Waals surface area contributed by atoms with Crippen molar-refractivity contribution in [2.24, 2.45) is 0 Å². The number of hydrogen-bond donors (Lipinski definition) is 0. The Balaban J connectivity index is 3.46. The van der Waals surface area contributed by atoms with E-state index in [0.717, 1.165) is 6.26 Å². The summed E-state index contributed by atoms with van der Waals surface area (Å²) < 4.78 is 22.9. The lowest BCUT2D eigenvalue weighted by Gasteiger charge is -2.06. The van der Waals surface area contributed by atoms with Crippen molar-refractivity contribution in [2.75, 3.05) is 12.5 Å². The molecule has 3 nitrogen and oxygen atoms in total. The van der Waals surface area contributed by atoms with E-state index in [4.69, 9.17) is 0 Å². The van der Waals surface area contributed by atoms with E-state index in [1.165, 1.54) is 24.8 Å². The minimum atomic E-state index is -3.27. The second-order valence-corrected chi connectivity index (χ2v) is 6.03. The maximum Gasteiger partial charge on any atom is 0.176 e. The van der Waals surface area contributed by atoms with Gasteiger partial charge in [0.15, 0.2) is 15.6 Å².